The maximum absolute atomic E-state index is 12.8. The highest BCUT2D eigenvalue weighted by Crippen LogP contribution is 2.21. The predicted octanol–water partition coefficient (Wildman–Crippen LogP) is 1.12. The molecular weight excluding hydrogens is 276 g/mol. The van der Waals surface area contributed by atoms with Crippen LogP contribution in [0, 0.1) is 0 Å². The number of piperidine rings is 1. The molecule has 2 N–H and O–H groups in total. The van der Waals surface area contributed by atoms with Crippen LogP contribution in [0.2, 0.25) is 0 Å². The fourth-order valence-corrected chi connectivity index (χ4v) is 4.31. The monoisotopic (exact) mass is 300 g/mol. The molecule has 20 heavy (non-hydrogen) atoms. The van der Waals surface area contributed by atoms with Gasteiger partial charge in [-0.3, -0.25) is 0 Å². The molecule has 0 saturated carbocycles. The van der Waals surface area contributed by atoms with Gasteiger partial charge in [-0.1, -0.05) is 13.8 Å². The normalized spacial score (nSPS) is 17.8. The molecule has 6 nitrogen and oxygen atoms in total. The van der Waals surface area contributed by atoms with Crippen molar-refractivity contribution in [2.45, 2.75) is 50.6 Å². The molecule has 0 spiro atoms. The fraction of sp³-hybridized carbons (Fsp3) is 0.769. The summed E-state index contributed by atoms with van der Waals surface area (Å²) in [5.74, 6) is 0.713. The molecule has 0 atom stereocenters. The minimum Gasteiger partial charge on any atom is -0.332 e. The van der Waals surface area contributed by atoms with Crippen molar-refractivity contribution in [1.29, 1.82) is 0 Å². The highest BCUT2D eigenvalue weighted by molar-refractivity contribution is 7.89. The van der Waals surface area contributed by atoms with Crippen molar-refractivity contribution in [3.8, 4) is 0 Å². The van der Waals surface area contributed by atoms with Crippen molar-refractivity contribution in [3.05, 3.63) is 12.0 Å². The maximum atomic E-state index is 12.8. The minimum absolute atomic E-state index is 0.0922. The van der Waals surface area contributed by atoms with Gasteiger partial charge in [-0.2, -0.15) is 4.31 Å². The predicted molar refractivity (Wildman–Crippen MR) is 78.0 cm³/mol. The highest BCUT2D eigenvalue weighted by atomic mass is 32.2. The molecule has 2 rings (SSSR count). The summed E-state index contributed by atoms with van der Waals surface area (Å²) < 4.78 is 27.2. The number of hydrogen-bond acceptors (Lipinski definition) is 4. The lowest BCUT2D eigenvalue weighted by molar-refractivity contribution is 0.261. The number of aromatic nitrogens is 2. The van der Waals surface area contributed by atoms with Crippen molar-refractivity contribution in [2.75, 3.05) is 19.6 Å². The maximum Gasteiger partial charge on any atom is 0.260 e. The van der Waals surface area contributed by atoms with Crippen LogP contribution in [0.3, 0.4) is 0 Å². The van der Waals surface area contributed by atoms with Gasteiger partial charge in [0.05, 0.1) is 6.20 Å². The van der Waals surface area contributed by atoms with Crippen LogP contribution in [0.5, 0.6) is 0 Å². The summed E-state index contributed by atoms with van der Waals surface area (Å²) in [7, 11) is -3.46. The first kappa shape index (κ1) is 15.5. The third kappa shape index (κ3) is 3.21. The van der Waals surface area contributed by atoms with Crippen LogP contribution in [0.15, 0.2) is 11.2 Å². The molecule has 1 saturated heterocycles. The second-order valence-corrected chi connectivity index (χ2v) is 7.00. The number of aryl methyl sites for hydroxylation is 1. The highest BCUT2D eigenvalue weighted by Gasteiger charge is 2.32. The lowest BCUT2D eigenvalue weighted by Gasteiger charge is -2.33. The molecule has 114 valence electrons. The molecular formula is C13H24N4O2S. The van der Waals surface area contributed by atoms with Crippen LogP contribution in [0.4, 0.5) is 0 Å². The average Bonchev–Trinajstić information content (AvgIpc) is 2.95. The van der Waals surface area contributed by atoms with E-state index in [2.05, 4.69) is 15.3 Å². The third-order valence-electron chi connectivity index (χ3n) is 3.69. The van der Waals surface area contributed by atoms with Crippen LogP contribution < -0.4 is 5.32 Å². The Morgan fingerprint density at radius 2 is 2.05 bits per heavy atom. The van der Waals surface area contributed by atoms with Crippen molar-refractivity contribution in [2.24, 2.45) is 0 Å². The molecule has 0 unspecified atom stereocenters. The van der Waals surface area contributed by atoms with Gasteiger partial charge in [0.25, 0.3) is 10.0 Å². The van der Waals surface area contributed by atoms with Crippen molar-refractivity contribution in [3.63, 3.8) is 0 Å². The van der Waals surface area contributed by atoms with Gasteiger partial charge in [-0.15, -0.1) is 0 Å². The van der Waals surface area contributed by atoms with E-state index in [-0.39, 0.29) is 11.1 Å². The van der Waals surface area contributed by atoms with E-state index in [1.54, 1.807) is 4.31 Å². The standard InChI is InChI=1S/C13H24N4O2S/c1-3-9-17(11-5-7-14-8-6-11)20(18,19)13-10-15-12(4-2)16-13/h10-11,14H,3-9H2,1-2H3,(H,15,16). The van der Waals surface area contributed by atoms with E-state index in [0.29, 0.717) is 18.8 Å². The number of nitrogens with zero attached hydrogens (tertiary/aromatic N) is 2. The first-order valence-electron chi connectivity index (χ1n) is 7.36. The quantitative estimate of drug-likeness (QED) is 0.825. The minimum atomic E-state index is -3.46. The van der Waals surface area contributed by atoms with Crippen LogP contribution in [0.25, 0.3) is 0 Å². The SMILES string of the molecule is CCCN(C1CCNCC1)S(=O)(=O)c1cnc(CC)[nH]1. The van der Waals surface area contributed by atoms with Crippen molar-refractivity contribution < 1.29 is 8.42 Å². The fourth-order valence-electron chi connectivity index (χ4n) is 2.59. The van der Waals surface area contributed by atoms with Crippen molar-refractivity contribution in [1.82, 2.24) is 19.6 Å². The van der Waals surface area contributed by atoms with Gasteiger partial charge in [0.15, 0.2) is 5.03 Å². The molecule has 1 fully saturated rings. The second kappa shape index (κ2) is 6.69. The molecule has 0 radical (unpaired) electrons. The third-order valence-corrected chi connectivity index (χ3v) is 5.55. The Hall–Kier alpha value is -0.920. The molecule has 1 aliphatic rings. The molecule has 0 aromatic carbocycles. The first-order chi connectivity index (χ1) is 9.59. The molecule has 0 bridgehead atoms. The van der Waals surface area contributed by atoms with E-state index in [1.807, 2.05) is 13.8 Å². The van der Waals surface area contributed by atoms with Crippen LogP contribution >= 0.6 is 0 Å². The summed E-state index contributed by atoms with van der Waals surface area (Å²) >= 11 is 0. The molecule has 7 heteroatoms. The van der Waals surface area contributed by atoms with E-state index >= 15 is 0 Å². The van der Waals surface area contributed by atoms with E-state index in [0.717, 1.165) is 32.4 Å². The Labute approximate surface area is 121 Å². The van der Waals surface area contributed by atoms with Crippen LogP contribution in [0.1, 0.15) is 38.9 Å². The Kier molecular flexibility index (Phi) is 5.17. The molecule has 1 aromatic rings. The smallest absolute Gasteiger partial charge is 0.260 e. The number of nitrogens with one attached hydrogen (secondary N) is 2. The van der Waals surface area contributed by atoms with Crippen molar-refractivity contribution >= 4 is 10.0 Å². The lowest BCUT2D eigenvalue weighted by Crippen LogP contribution is -2.46. The number of H-pyrrole nitrogens is 1. The summed E-state index contributed by atoms with van der Waals surface area (Å²) in [6, 6.07) is 0.0922. The zero-order valence-electron chi connectivity index (χ0n) is 12.2. The van der Waals surface area contributed by atoms with Gasteiger partial charge in [0.1, 0.15) is 5.82 Å². The van der Waals surface area contributed by atoms with Gasteiger partial charge in [0, 0.05) is 19.0 Å². The molecule has 2 heterocycles. The van der Waals surface area contributed by atoms with Gasteiger partial charge >= 0.3 is 0 Å². The summed E-state index contributed by atoms with van der Waals surface area (Å²) in [5, 5.41) is 3.50. The number of rotatable bonds is 6. The van der Waals surface area contributed by atoms with Crippen LogP contribution in [-0.2, 0) is 16.4 Å². The number of aromatic amines is 1. The summed E-state index contributed by atoms with van der Waals surface area (Å²) in [4.78, 5) is 7.04. The van der Waals surface area contributed by atoms with E-state index < -0.39 is 10.0 Å². The largest absolute Gasteiger partial charge is 0.332 e. The van der Waals surface area contributed by atoms with E-state index in [1.165, 1.54) is 6.20 Å². The average molecular weight is 300 g/mol. The van der Waals surface area contributed by atoms with E-state index in [4.69, 9.17) is 0 Å². The van der Waals surface area contributed by atoms with Crippen LogP contribution in [-0.4, -0.2) is 48.4 Å². The lowest BCUT2D eigenvalue weighted by atomic mass is 10.1. The van der Waals surface area contributed by atoms with E-state index in [9.17, 15) is 8.42 Å². The Morgan fingerprint density at radius 3 is 2.60 bits per heavy atom. The second-order valence-electron chi connectivity index (χ2n) is 5.14. The topological polar surface area (TPSA) is 78.1 Å². The molecule has 0 amide bonds. The first-order valence-corrected chi connectivity index (χ1v) is 8.80. The number of imidazole rings is 1. The Balaban J connectivity index is 2.26. The molecule has 1 aromatic heterocycles. The summed E-state index contributed by atoms with van der Waals surface area (Å²) in [5.41, 5.74) is 0. The summed E-state index contributed by atoms with van der Waals surface area (Å²) in [6.07, 6.45) is 4.70. The molecule has 1 aliphatic heterocycles. The van der Waals surface area contributed by atoms with Gasteiger partial charge in [-0.25, -0.2) is 13.4 Å². The van der Waals surface area contributed by atoms with Gasteiger partial charge in [0.2, 0.25) is 0 Å². The zero-order chi connectivity index (χ0) is 14.6. The van der Waals surface area contributed by atoms with Gasteiger partial charge < -0.3 is 10.3 Å². The zero-order valence-corrected chi connectivity index (χ0v) is 13.0. The Bertz CT molecular complexity index is 520. The number of hydrogen-bond donors (Lipinski definition) is 2. The number of sulfonamides is 1. The summed E-state index contributed by atoms with van der Waals surface area (Å²) in [6.45, 7) is 6.28. The Morgan fingerprint density at radius 1 is 1.35 bits per heavy atom. The van der Waals surface area contributed by atoms with Gasteiger partial charge in [-0.05, 0) is 32.4 Å². The molecule has 0 aliphatic carbocycles.